The van der Waals surface area contributed by atoms with E-state index in [1.165, 1.54) is 12.1 Å². The molecule has 8 heteroatoms. The lowest BCUT2D eigenvalue weighted by Crippen LogP contribution is -2.27. The molecule has 1 aliphatic rings. The van der Waals surface area contributed by atoms with Gasteiger partial charge in [0, 0.05) is 37.4 Å². The fourth-order valence-electron chi connectivity index (χ4n) is 6.03. The standard InChI is InChI=1S/C31H32F2N4O2/c1-18-29(36(4)17-35-18)21-14-27-28(34-16-21)23-7-6-22(31(2,3)38)15-26(23)37(27)30(19-9-11-39-12-10-19)20-5-8-24(32)25(33)13-20/h5-8,13-17,19,30,38H,9-12H2,1-4H3. The molecule has 1 saturated heterocycles. The summed E-state index contributed by atoms with van der Waals surface area (Å²) in [5.41, 5.74) is 5.76. The zero-order valence-electron chi connectivity index (χ0n) is 22.6. The SMILES string of the molecule is Cc1ncn(C)c1-c1cnc2c3ccc(C(C)(C)O)cc3n(C(c3ccc(F)c(F)c3)C3CCOCC3)c2c1. The molecule has 1 atom stereocenters. The van der Waals surface area contributed by atoms with Gasteiger partial charge in [-0.05, 0) is 74.9 Å². The highest BCUT2D eigenvalue weighted by atomic mass is 19.2. The number of rotatable bonds is 5. The Kier molecular flexibility index (Phi) is 6.27. The number of fused-ring (bicyclic) bond motifs is 3. The zero-order chi connectivity index (χ0) is 27.5. The second-order valence-corrected chi connectivity index (χ2v) is 11.1. The number of hydrogen-bond acceptors (Lipinski definition) is 4. The van der Waals surface area contributed by atoms with Crippen LogP contribution in [-0.4, -0.2) is 37.4 Å². The van der Waals surface area contributed by atoms with Crippen molar-refractivity contribution in [2.75, 3.05) is 13.2 Å². The molecule has 0 saturated carbocycles. The first kappa shape index (κ1) is 25.6. The molecule has 0 amide bonds. The van der Waals surface area contributed by atoms with Crippen molar-refractivity contribution in [1.29, 1.82) is 0 Å². The summed E-state index contributed by atoms with van der Waals surface area (Å²) in [7, 11) is 1.96. The van der Waals surface area contributed by atoms with Gasteiger partial charge in [0.05, 0.1) is 45.9 Å². The van der Waals surface area contributed by atoms with Crippen molar-refractivity contribution >= 4 is 21.9 Å². The zero-order valence-corrected chi connectivity index (χ0v) is 22.6. The lowest BCUT2D eigenvalue weighted by atomic mass is 9.86. The van der Waals surface area contributed by atoms with Crippen LogP contribution in [0.25, 0.3) is 33.2 Å². The van der Waals surface area contributed by atoms with Crippen LogP contribution < -0.4 is 0 Å². The number of pyridine rings is 1. The molecule has 1 unspecified atom stereocenters. The number of halogens is 2. The van der Waals surface area contributed by atoms with Crippen LogP contribution in [0.15, 0.2) is 55.0 Å². The van der Waals surface area contributed by atoms with Crippen LogP contribution >= 0.6 is 0 Å². The van der Waals surface area contributed by atoms with Gasteiger partial charge in [-0.1, -0.05) is 18.2 Å². The minimum Gasteiger partial charge on any atom is -0.386 e. The van der Waals surface area contributed by atoms with E-state index in [9.17, 15) is 13.9 Å². The fourth-order valence-corrected chi connectivity index (χ4v) is 6.03. The number of nitrogens with zero attached hydrogens (tertiary/aromatic N) is 4. The van der Waals surface area contributed by atoms with E-state index in [0.29, 0.717) is 18.8 Å². The molecule has 202 valence electrons. The van der Waals surface area contributed by atoms with E-state index in [1.807, 2.05) is 42.9 Å². The molecule has 1 N–H and O–H groups in total. The third kappa shape index (κ3) is 4.41. The second-order valence-electron chi connectivity index (χ2n) is 11.1. The van der Waals surface area contributed by atoms with Gasteiger partial charge >= 0.3 is 0 Å². The molecule has 6 nitrogen and oxygen atoms in total. The van der Waals surface area contributed by atoms with Crippen LogP contribution in [0, 0.1) is 24.5 Å². The summed E-state index contributed by atoms with van der Waals surface area (Å²) >= 11 is 0. The van der Waals surface area contributed by atoms with Crippen molar-refractivity contribution < 1.29 is 18.6 Å². The maximum absolute atomic E-state index is 14.7. The van der Waals surface area contributed by atoms with Crippen LogP contribution in [0.2, 0.25) is 0 Å². The van der Waals surface area contributed by atoms with Crippen LogP contribution in [0.4, 0.5) is 8.78 Å². The Bertz CT molecular complexity index is 1670. The first-order valence-corrected chi connectivity index (χ1v) is 13.3. The van der Waals surface area contributed by atoms with Gasteiger partial charge in [0.25, 0.3) is 0 Å². The number of ether oxygens (including phenoxy) is 1. The summed E-state index contributed by atoms with van der Waals surface area (Å²) in [6, 6.07) is 11.9. The summed E-state index contributed by atoms with van der Waals surface area (Å²) in [6.45, 7) is 6.70. The topological polar surface area (TPSA) is 65.1 Å². The Balaban J connectivity index is 1.70. The molecular formula is C31H32F2N4O2. The minimum absolute atomic E-state index is 0.121. The smallest absolute Gasteiger partial charge is 0.159 e. The van der Waals surface area contributed by atoms with Crippen molar-refractivity contribution in [2.24, 2.45) is 13.0 Å². The first-order valence-electron chi connectivity index (χ1n) is 13.3. The molecule has 39 heavy (non-hydrogen) atoms. The normalized spacial score (nSPS) is 15.9. The van der Waals surface area contributed by atoms with Gasteiger partial charge in [0.15, 0.2) is 11.6 Å². The van der Waals surface area contributed by atoms with E-state index in [2.05, 4.69) is 15.6 Å². The average Bonchev–Trinajstić information content (AvgIpc) is 3.42. The Labute approximate surface area is 225 Å². The van der Waals surface area contributed by atoms with E-state index in [1.54, 1.807) is 26.2 Å². The molecule has 0 radical (unpaired) electrons. The molecule has 0 spiro atoms. The second kappa shape index (κ2) is 9.54. The van der Waals surface area contributed by atoms with Crippen molar-refractivity contribution in [3.63, 3.8) is 0 Å². The predicted molar refractivity (Wildman–Crippen MR) is 147 cm³/mol. The third-order valence-electron chi connectivity index (χ3n) is 8.02. The fraction of sp³-hybridized carbons (Fsp3) is 0.355. The largest absolute Gasteiger partial charge is 0.386 e. The van der Waals surface area contributed by atoms with Crippen LogP contribution in [0.1, 0.15) is 49.6 Å². The van der Waals surface area contributed by atoms with Gasteiger partial charge in [-0.3, -0.25) is 4.98 Å². The molecular weight excluding hydrogens is 498 g/mol. The summed E-state index contributed by atoms with van der Waals surface area (Å²) in [6.07, 6.45) is 5.21. The van der Waals surface area contributed by atoms with Crippen molar-refractivity contribution in [3.8, 4) is 11.3 Å². The number of aromatic nitrogens is 4. The predicted octanol–water partition coefficient (Wildman–Crippen LogP) is 6.42. The van der Waals surface area contributed by atoms with Crippen LogP contribution in [0.5, 0.6) is 0 Å². The monoisotopic (exact) mass is 530 g/mol. The number of aryl methyl sites for hydroxylation is 2. The maximum atomic E-state index is 14.7. The molecule has 0 bridgehead atoms. The quantitative estimate of drug-likeness (QED) is 0.285. The van der Waals surface area contributed by atoms with Gasteiger partial charge in [-0.25, -0.2) is 13.8 Å². The molecule has 5 aromatic rings. The number of aliphatic hydroxyl groups is 1. The molecule has 2 aromatic carbocycles. The van der Waals surface area contributed by atoms with Gasteiger partial charge in [-0.2, -0.15) is 0 Å². The number of benzene rings is 2. The molecule has 6 rings (SSSR count). The first-order chi connectivity index (χ1) is 18.6. The number of hydrogen-bond donors (Lipinski definition) is 1. The molecule has 4 heterocycles. The lowest BCUT2D eigenvalue weighted by molar-refractivity contribution is 0.0552. The maximum Gasteiger partial charge on any atom is 0.159 e. The van der Waals surface area contributed by atoms with E-state index >= 15 is 0 Å². The van der Waals surface area contributed by atoms with Gasteiger partial charge < -0.3 is 19.0 Å². The summed E-state index contributed by atoms with van der Waals surface area (Å²) in [5.74, 6) is -1.62. The van der Waals surface area contributed by atoms with Gasteiger partial charge in [0.1, 0.15) is 0 Å². The Morgan fingerprint density at radius 2 is 1.77 bits per heavy atom. The van der Waals surface area contributed by atoms with Crippen LogP contribution in [-0.2, 0) is 17.4 Å². The highest BCUT2D eigenvalue weighted by molar-refractivity contribution is 6.07. The van der Waals surface area contributed by atoms with Crippen LogP contribution in [0.3, 0.4) is 0 Å². The Hall–Kier alpha value is -3.62. The van der Waals surface area contributed by atoms with Crippen molar-refractivity contribution in [1.82, 2.24) is 19.1 Å². The minimum atomic E-state index is -1.06. The lowest BCUT2D eigenvalue weighted by Gasteiger charge is -2.33. The van der Waals surface area contributed by atoms with E-state index in [-0.39, 0.29) is 12.0 Å². The highest BCUT2D eigenvalue weighted by Gasteiger charge is 2.31. The third-order valence-corrected chi connectivity index (χ3v) is 8.02. The molecule has 1 aliphatic heterocycles. The summed E-state index contributed by atoms with van der Waals surface area (Å²) in [5, 5.41) is 11.8. The summed E-state index contributed by atoms with van der Waals surface area (Å²) in [4.78, 5) is 9.39. The molecule has 0 aliphatic carbocycles. The highest BCUT2D eigenvalue weighted by Crippen LogP contribution is 2.42. The van der Waals surface area contributed by atoms with Gasteiger partial charge in [-0.15, -0.1) is 0 Å². The van der Waals surface area contributed by atoms with Crippen molar-refractivity contribution in [2.45, 2.75) is 45.3 Å². The Morgan fingerprint density at radius 3 is 2.44 bits per heavy atom. The molecule has 1 fully saturated rings. The number of imidazole rings is 1. The van der Waals surface area contributed by atoms with E-state index in [0.717, 1.165) is 57.3 Å². The van der Waals surface area contributed by atoms with E-state index < -0.39 is 17.2 Å². The van der Waals surface area contributed by atoms with Crippen molar-refractivity contribution in [3.05, 3.63) is 83.4 Å². The molecule has 3 aromatic heterocycles. The summed E-state index contributed by atoms with van der Waals surface area (Å²) < 4.78 is 38.6. The average molecular weight is 531 g/mol. The van der Waals surface area contributed by atoms with E-state index in [4.69, 9.17) is 9.72 Å². The van der Waals surface area contributed by atoms with Gasteiger partial charge in [0.2, 0.25) is 0 Å². The Morgan fingerprint density at radius 1 is 1.00 bits per heavy atom.